The van der Waals surface area contributed by atoms with E-state index in [1.54, 1.807) is 12.1 Å². The van der Waals surface area contributed by atoms with Gasteiger partial charge in [-0.25, -0.2) is 8.42 Å². The molecule has 0 aromatic heterocycles. The molecular formula is C24H19ClF6N2O5S. The Kier molecular flexibility index (Phi) is 6.28. The first kappa shape index (κ1) is 27.7. The number of sulfone groups is 1. The van der Waals surface area contributed by atoms with Gasteiger partial charge in [0.1, 0.15) is 11.4 Å². The molecule has 5 rings (SSSR count). The summed E-state index contributed by atoms with van der Waals surface area (Å²) < 4.78 is 112. The number of fused-ring (bicyclic) bond motifs is 2. The molecule has 39 heavy (non-hydrogen) atoms. The molecule has 15 heteroatoms. The highest BCUT2D eigenvalue weighted by Crippen LogP contribution is 2.51. The highest BCUT2D eigenvalue weighted by atomic mass is 35.5. The maximum Gasteiger partial charge on any atom is 0.435 e. The molecule has 1 spiro atoms. The monoisotopic (exact) mass is 596 g/mol. The lowest BCUT2D eigenvalue weighted by Crippen LogP contribution is -2.62. The van der Waals surface area contributed by atoms with Crippen molar-refractivity contribution in [2.75, 3.05) is 25.1 Å². The summed E-state index contributed by atoms with van der Waals surface area (Å²) in [5.41, 5.74) is -4.79. The van der Waals surface area contributed by atoms with Crippen LogP contribution in [0.5, 0.6) is 0 Å². The molecule has 3 aliphatic heterocycles. The molecule has 7 nitrogen and oxygen atoms in total. The van der Waals surface area contributed by atoms with E-state index in [4.69, 9.17) is 21.2 Å². The lowest BCUT2D eigenvalue weighted by Gasteiger charge is -2.47. The zero-order chi connectivity index (χ0) is 28.6. The standard InChI is InChI=1S/C24H19ClF6N2O5S/c1-39(35,36)10-20(34)33-11-21(12-33)18-3-2-13(4-14(18)9-37-21)19-8-22(38-32-19,24(29,30)31)15-5-16(23(26,27)28)7-17(25)6-15/h2-7H,8-12H2,1H3. The second-order valence-corrected chi connectivity index (χ2v) is 12.4. The molecule has 3 heterocycles. The fourth-order valence-electron chi connectivity index (χ4n) is 5.00. The van der Waals surface area contributed by atoms with Gasteiger partial charge in [0.05, 0.1) is 31.0 Å². The van der Waals surface area contributed by atoms with Crippen LogP contribution in [0.15, 0.2) is 41.6 Å². The van der Waals surface area contributed by atoms with Gasteiger partial charge in [-0.3, -0.25) is 4.79 Å². The van der Waals surface area contributed by atoms with E-state index in [9.17, 15) is 39.6 Å². The van der Waals surface area contributed by atoms with Crippen LogP contribution in [0.25, 0.3) is 0 Å². The van der Waals surface area contributed by atoms with Crippen molar-refractivity contribution < 1.29 is 49.1 Å². The molecule has 210 valence electrons. The third kappa shape index (κ3) is 4.86. The van der Waals surface area contributed by atoms with E-state index in [-0.39, 0.29) is 31.0 Å². The van der Waals surface area contributed by atoms with Crippen LogP contribution < -0.4 is 0 Å². The van der Waals surface area contributed by atoms with E-state index in [1.807, 2.05) is 0 Å². The van der Waals surface area contributed by atoms with E-state index < -0.39 is 67.6 Å². The topological polar surface area (TPSA) is 85.3 Å². The molecule has 0 bridgehead atoms. The maximum atomic E-state index is 14.3. The Morgan fingerprint density at radius 1 is 1.10 bits per heavy atom. The molecule has 1 atom stereocenters. The lowest BCUT2D eigenvalue weighted by molar-refractivity contribution is -0.276. The fraction of sp³-hybridized carbons (Fsp3) is 0.417. The van der Waals surface area contributed by atoms with Crippen LogP contribution >= 0.6 is 11.6 Å². The van der Waals surface area contributed by atoms with Gasteiger partial charge >= 0.3 is 12.4 Å². The van der Waals surface area contributed by atoms with Crippen molar-refractivity contribution in [1.29, 1.82) is 0 Å². The highest BCUT2D eigenvalue weighted by Gasteiger charge is 2.63. The van der Waals surface area contributed by atoms with Crippen molar-refractivity contribution in [2.24, 2.45) is 5.16 Å². The van der Waals surface area contributed by atoms with Crippen LogP contribution in [0.2, 0.25) is 5.02 Å². The van der Waals surface area contributed by atoms with Crippen LogP contribution in [0, 0.1) is 0 Å². The fourth-order valence-corrected chi connectivity index (χ4v) is 5.87. The van der Waals surface area contributed by atoms with Crippen molar-refractivity contribution in [3.05, 3.63) is 69.2 Å². The van der Waals surface area contributed by atoms with Gasteiger partial charge in [-0.2, -0.15) is 26.3 Å². The average molecular weight is 597 g/mol. The number of rotatable bonds is 4. The Hall–Kier alpha value is -2.84. The van der Waals surface area contributed by atoms with Gasteiger partial charge in [-0.15, -0.1) is 0 Å². The summed E-state index contributed by atoms with van der Waals surface area (Å²) in [6.45, 7) is 0.315. The molecular weight excluding hydrogens is 578 g/mol. The number of halogens is 7. The number of alkyl halides is 6. The van der Waals surface area contributed by atoms with E-state index in [1.165, 1.54) is 11.0 Å². The lowest BCUT2D eigenvalue weighted by atomic mass is 9.83. The van der Waals surface area contributed by atoms with Crippen molar-refractivity contribution in [3.8, 4) is 0 Å². The Labute approximate surface area is 223 Å². The second-order valence-electron chi connectivity index (χ2n) is 9.83. The summed E-state index contributed by atoms with van der Waals surface area (Å²) in [5, 5.41) is 3.07. The summed E-state index contributed by atoms with van der Waals surface area (Å²) in [6.07, 6.45) is -10.0. The third-order valence-corrected chi connectivity index (χ3v) is 7.93. The Balaban J connectivity index is 1.39. The van der Waals surface area contributed by atoms with Crippen molar-refractivity contribution >= 4 is 33.1 Å². The molecule has 0 N–H and O–H groups in total. The Morgan fingerprint density at radius 3 is 2.41 bits per heavy atom. The number of oxime groups is 1. The van der Waals surface area contributed by atoms with E-state index >= 15 is 0 Å². The van der Waals surface area contributed by atoms with E-state index in [0.717, 1.165) is 12.3 Å². The molecule has 1 unspecified atom stereocenters. The van der Waals surface area contributed by atoms with Gasteiger partial charge in [-0.1, -0.05) is 28.9 Å². The minimum Gasteiger partial charge on any atom is -0.374 e. The smallest absolute Gasteiger partial charge is 0.374 e. The summed E-state index contributed by atoms with van der Waals surface area (Å²) in [6, 6.07) is 6.32. The van der Waals surface area contributed by atoms with Gasteiger partial charge in [-0.05, 0) is 41.0 Å². The Bertz CT molecular complexity index is 1500. The van der Waals surface area contributed by atoms with E-state index in [2.05, 4.69) is 5.16 Å². The number of hydrogen-bond donors (Lipinski definition) is 0. The number of benzene rings is 2. The zero-order valence-electron chi connectivity index (χ0n) is 20.0. The quantitative estimate of drug-likeness (QED) is 0.484. The van der Waals surface area contributed by atoms with Crippen molar-refractivity contribution in [2.45, 2.75) is 36.6 Å². The summed E-state index contributed by atoms with van der Waals surface area (Å²) in [5.74, 6) is -1.19. The number of likely N-dealkylation sites (tertiary alicyclic amines) is 1. The average Bonchev–Trinajstić information content (AvgIpc) is 3.39. The molecule has 3 aliphatic rings. The first-order valence-corrected chi connectivity index (χ1v) is 13.8. The number of ether oxygens (including phenoxy) is 1. The number of carbonyl (C=O) groups is 1. The number of nitrogens with zero attached hydrogens (tertiary/aromatic N) is 2. The first-order chi connectivity index (χ1) is 17.9. The molecule has 0 radical (unpaired) electrons. The minimum atomic E-state index is -5.14. The van der Waals surface area contributed by atoms with Crippen LogP contribution in [0.3, 0.4) is 0 Å². The maximum absolute atomic E-state index is 14.3. The van der Waals surface area contributed by atoms with Crippen LogP contribution in [-0.4, -0.2) is 56.2 Å². The molecule has 0 saturated carbocycles. The predicted molar refractivity (Wildman–Crippen MR) is 126 cm³/mol. The molecule has 2 aromatic rings. The van der Waals surface area contributed by atoms with Gasteiger partial charge in [0.15, 0.2) is 9.84 Å². The largest absolute Gasteiger partial charge is 0.435 e. The molecule has 1 saturated heterocycles. The van der Waals surface area contributed by atoms with Gasteiger partial charge < -0.3 is 14.5 Å². The van der Waals surface area contributed by atoms with Crippen LogP contribution in [0.4, 0.5) is 26.3 Å². The first-order valence-electron chi connectivity index (χ1n) is 11.4. The van der Waals surface area contributed by atoms with Crippen molar-refractivity contribution in [1.82, 2.24) is 4.90 Å². The minimum absolute atomic E-state index is 0.0824. The van der Waals surface area contributed by atoms with Gasteiger partial charge in [0.2, 0.25) is 5.91 Å². The zero-order valence-corrected chi connectivity index (χ0v) is 21.6. The SMILES string of the molecule is CS(=O)(=O)CC(=O)N1CC2(C1)OCc1cc(C3=NOC(c4cc(Cl)cc(C(F)(F)F)c4)(C(F)(F)F)C3)ccc12. The van der Waals surface area contributed by atoms with Gasteiger partial charge in [0.25, 0.3) is 5.60 Å². The van der Waals surface area contributed by atoms with Gasteiger partial charge in [0, 0.05) is 23.3 Å². The predicted octanol–water partition coefficient (Wildman–Crippen LogP) is 4.55. The molecule has 1 fully saturated rings. The third-order valence-electron chi connectivity index (χ3n) is 6.94. The van der Waals surface area contributed by atoms with Crippen LogP contribution in [-0.2, 0) is 48.2 Å². The number of carbonyl (C=O) groups excluding carboxylic acids is 1. The van der Waals surface area contributed by atoms with Crippen molar-refractivity contribution in [3.63, 3.8) is 0 Å². The summed E-state index contributed by atoms with van der Waals surface area (Å²) >= 11 is 5.74. The number of hydrogen-bond acceptors (Lipinski definition) is 6. The molecule has 0 aliphatic carbocycles. The summed E-state index contributed by atoms with van der Waals surface area (Å²) in [7, 11) is -3.51. The highest BCUT2D eigenvalue weighted by molar-refractivity contribution is 7.91. The van der Waals surface area contributed by atoms with Crippen LogP contribution in [0.1, 0.15) is 34.2 Å². The Morgan fingerprint density at radius 2 is 1.79 bits per heavy atom. The molecule has 2 aromatic carbocycles. The van der Waals surface area contributed by atoms with E-state index in [0.29, 0.717) is 23.3 Å². The normalized spacial score (nSPS) is 22.4. The number of amides is 1. The second kappa shape index (κ2) is 8.83. The summed E-state index contributed by atoms with van der Waals surface area (Å²) in [4.78, 5) is 18.4. The molecule has 1 amide bonds.